The van der Waals surface area contributed by atoms with Crippen LogP contribution in [-0.2, 0) is 0 Å². The molecule has 0 aliphatic carbocycles. The van der Waals surface area contributed by atoms with E-state index in [1.165, 1.54) is 32.7 Å². The number of nitrogens with zero attached hydrogens (tertiary/aromatic N) is 2. The van der Waals surface area contributed by atoms with Gasteiger partial charge in [0.2, 0.25) is 5.89 Å². The van der Waals surface area contributed by atoms with Gasteiger partial charge in [0, 0.05) is 33.4 Å². The molecule has 1 heterocycles. The maximum atomic E-state index is 6.54. The summed E-state index contributed by atoms with van der Waals surface area (Å²) in [5.74, 6) is 0.638. The Morgan fingerprint density at radius 2 is 0.885 bits per heavy atom. The lowest BCUT2D eigenvalue weighted by atomic mass is 9.93. The minimum atomic E-state index is 0.638. The molecule has 10 aromatic rings. The Kier molecular flexibility index (Phi) is 7.14. The van der Waals surface area contributed by atoms with E-state index in [1.807, 2.05) is 30.3 Å². The summed E-state index contributed by atoms with van der Waals surface area (Å²) in [6.45, 7) is 0. The number of rotatable bonds is 6. The van der Waals surface area contributed by atoms with Gasteiger partial charge in [0.05, 0.1) is 0 Å². The number of anilines is 3. The topological polar surface area (TPSA) is 29.3 Å². The predicted octanol–water partition coefficient (Wildman–Crippen LogP) is 13.8. The number of fused-ring (bicyclic) bond motifs is 7. The van der Waals surface area contributed by atoms with Gasteiger partial charge in [-0.3, -0.25) is 0 Å². The molecule has 10 rings (SSSR count). The highest BCUT2D eigenvalue weighted by atomic mass is 16.3. The standard InChI is InChI=1S/C49H32N2O/c1-4-12-33(13-5-1)37-16-10-20-42(31-37)51(41-18-8-3-9-19-41)43-21-11-17-38(32-43)39-26-28-44-40(30-39)25-24-34-22-23-35-27-29-45-48(47(35)46(34)44)52-49(50-45)36-14-6-2-7-15-36/h1-32H. The van der Waals surface area contributed by atoms with Gasteiger partial charge in [-0.15, -0.1) is 0 Å². The Labute approximate surface area is 301 Å². The van der Waals surface area contributed by atoms with Crippen LogP contribution in [-0.4, -0.2) is 4.98 Å². The van der Waals surface area contributed by atoms with Crippen LogP contribution >= 0.6 is 0 Å². The molecule has 0 bridgehead atoms. The molecule has 3 nitrogen and oxygen atoms in total. The number of benzene rings is 9. The highest BCUT2D eigenvalue weighted by Crippen LogP contribution is 2.41. The highest BCUT2D eigenvalue weighted by molar-refractivity contribution is 6.26. The second-order valence-corrected chi connectivity index (χ2v) is 13.2. The molecule has 0 fully saturated rings. The Hall–Kier alpha value is -6.97. The van der Waals surface area contributed by atoms with Crippen molar-refractivity contribution in [2.24, 2.45) is 0 Å². The van der Waals surface area contributed by atoms with E-state index < -0.39 is 0 Å². The minimum Gasteiger partial charge on any atom is -0.435 e. The summed E-state index contributed by atoms with van der Waals surface area (Å²) < 4.78 is 6.54. The summed E-state index contributed by atoms with van der Waals surface area (Å²) in [6.07, 6.45) is 0. The fraction of sp³-hybridized carbons (Fsp3) is 0. The quantitative estimate of drug-likeness (QED) is 0.166. The summed E-state index contributed by atoms with van der Waals surface area (Å²) >= 11 is 0. The van der Waals surface area contributed by atoms with Crippen molar-refractivity contribution in [3.05, 3.63) is 194 Å². The van der Waals surface area contributed by atoms with Crippen LogP contribution in [0.2, 0.25) is 0 Å². The molecule has 0 saturated heterocycles. The predicted molar refractivity (Wildman–Crippen MR) is 218 cm³/mol. The van der Waals surface area contributed by atoms with Crippen molar-refractivity contribution in [1.29, 1.82) is 0 Å². The zero-order chi connectivity index (χ0) is 34.4. The molecular formula is C49H32N2O. The van der Waals surface area contributed by atoms with Gasteiger partial charge in [-0.25, -0.2) is 4.98 Å². The molecule has 0 unspecified atom stereocenters. The van der Waals surface area contributed by atoms with Crippen molar-refractivity contribution < 1.29 is 4.42 Å². The third-order valence-electron chi connectivity index (χ3n) is 10.0. The first-order valence-corrected chi connectivity index (χ1v) is 17.6. The van der Waals surface area contributed by atoms with Crippen LogP contribution in [0.3, 0.4) is 0 Å². The molecule has 0 N–H and O–H groups in total. The summed E-state index contributed by atoms with van der Waals surface area (Å²) in [5, 5.41) is 6.97. The molecule has 0 spiro atoms. The molecule has 0 amide bonds. The first kappa shape index (κ1) is 29.9. The number of aromatic nitrogens is 1. The lowest BCUT2D eigenvalue weighted by molar-refractivity contribution is 0.623. The van der Waals surface area contributed by atoms with Gasteiger partial charge in [0.15, 0.2) is 5.58 Å². The average molecular weight is 665 g/mol. The average Bonchev–Trinajstić information content (AvgIpc) is 3.67. The molecule has 0 atom stereocenters. The van der Waals surface area contributed by atoms with E-state index >= 15 is 0 Å². The zero-order valence-electron chi connectivity index (χ0n) is 28.3. The second-order valence-electron chi connectivity index (χ2n) is 13.2. The molecule has 0 aliphatic heterocycles. The van der Waals surface area contributed by atoms with E-state index in [0.29, 0.717) is 5.89 Å². The molecule has 1 aromatic heterocycles. The fourth-order valence-corrected chi connectivity index (χ4v) is 7.54. The smallest absolute Gasteiger partial charge is 0.227 e. The van der Waals surface area contributed by atoms with Crippen molar-refractivity contribution in [3.63, 3.8) is 0 Å². The maximum Gasteiger partial charge on any atom is 0.227 e. The van der Waals surface area contributed by atoms with Crippen LogP contribution in [0.1, 0.15) is 0 Å². The van der Waals surface area contributed by atoms with Crippen molar-refractivity contribution >= 4 is 60.5 Å². The molecule has 244 valence electrons. The highest BCUT2D eigenvalue weighted by Gasteiger charge is 2.17. The Morgan fingerprint density at radius 1 is 0.365 bits per heavy atom. The maximum absolute atomic E-state index is 6.54. The number of hydrogen-bond acceptors (Lipinski definition) is 3. The van der Waals surface area contributed by atoms with Gasteiger partial charge < -0.3 is 9.32 Å². The molecule has 3 heteroatoms. The van der Waals surface area contributed by atoms with Crippen molar-refractivity contribution in [1.82, 2.24) is 4.98 Å². The molecule has 0 radical (unpaired) electrons. The summed E-state index contributed by atoms with van der Waals surface area (Å²) in [6, 6.07) is 68.8. The van der Waals surface area contributed by atoms with Gasteiger partial charge >= 0.3 is 0 Å². The van der Waals surface area contributed by atoms with Crippen LogP contribution < -0.4 is 4.90 Å². The van der Waals surface area contributed by atoms with Crippen LogP contribution in [0.15, 0.2) is 199 Å². The fourth-order valence-electron chi connectivity index (χ4n) is 7.54. The molecule has 9 aromatic carbocycles. The zero-order valence-corrected chi connectivity index (χ0v) is 28.3. The molecular weight excluding hydrogens is 633 g/mol. The Bertz CT molecular complexity index is 2900. The van der Waals surface area contributed by atoms with Crippen molar-refractivity contribution in [2.45, 2.75) is 0 Å². The normalized spacial score (nSPS) is 11.5. The number of para-hydroxylation sites is 1. The Morgan fingerprint density at radius 3 is 1.58 bits per heavy atom. The third-order valence-corrected chi connectivity index (χ3v) is 10.0. The van der Waals surface area contributed by atoms with Crippen molar-refractivity contribution in [2.75, 3.05) is 4.90 Å². The van der Waals surface area contributed by atoms with E-state index in [2.05, 4.69) is 169 Å². The minimum absolute atomic E-state index is 0.638. The number of hydrogen-bond donors (Lipinski definition) is 0. The molecule has 0 saturated carbocycles. The van der Waals surface area contributed by atoms with E-state index in [4.69, 9.17) is 9.40 Å². The van der Waals surface area contributed by atoms with Crippen LogP contribution in [0.25, 0.3) is 77.1 Å². The van der Waals surface area contributed by atoms with E-state index in [9.17, 15) is 0 Å². The first-order chi connectivity index (χ1) is 25.8. The second kappa shape index (κ2) is 12.4. The summed E-state index contributed by atoms with van der Waals surface area (Å²) in [7, 11) is 0. The van der Waals surface area contributed by atoms with Gasteiger partial charge in [-0.05, 0) is 104 Å². The van der Waals surface area contributed by atoms with Crippen LogP contribution in [0.4, 0.5) is 17.1 Å². The summed E-state index contributed by atoms with van der Waals surface area (Å²) in [4.78, 5) is 7.23. The van der Waals surface area contributed by atoms with Crippen molar-refractivity contribution in [3.8, 4) is 33.7 Å². The van der Waals surface area contributed by atoms with Gasteiger partial charge in [-0.2, -0.15) is 0 Å². The number of oxazole rings is 1. The Balaban J connectivity index is 1.10. The third kappa shape index (κ3) is 5.19. The SMILES string of the molecule is c1ccc(-c2cccc(N(c3ccccc3)c3cccc(-c4ccc5c(ccc6ccc7ccc8nc(-c9ccccc9)oc8c7c65)c4)c3)c2)cc1. The van der Waals surface area contributed by atoms with Gasteiger partial charge in [-0.1, -0.05) is 133 Å². The van der Waals surface area contributed by atoms with Gasteiger partial charge in [0.1, 0.15) is 5.52 Å². The molecule has 52 heavy (non-hydrogen) atoms. The first-order valence-electron chi connectivity index (χ1n) is 17.6. The van der Waals surface area contributed by atoms with E-state index in [1.54, 1.807) is 0 Å². The van der Waals surface area contributed by atoms with Gasteiger partial charge in [0.25, 0.3) is 0 Å². The summed E-state index contributed by atoms with van der Waals surface area (Å²) in [5.41, 5.74) is 10.7. The largest absolute Gasteiger partial charge is 0.435 e. The van der Waals surface area contributed by atoms with E-state index in [0.717, 1.165) is 55.6 Å². The monoisotopic (exact) mass is 664 g/mol. The molecule has 0 aliphatic rings. The lowest BCUT2D eigenvalue weighted by Crippen LogP contribution is -2.10. The lowest BCUT2D eigenvalue weighted by Gasteiger charge is -2.26. The van der Waals surface area contributed by atoms with Crippen LogP contribution in [0, 0.1) is 0 Å². The van der Waals surface area contributed by atoms with Crippen LogP contribution in [0.5, 0.6) is 0 Å². The van der Waals surface area contributed by atoms with E-state index in [-0.39, 0.29) is 0 Å².